The average molecular weight is 1630 g/mol. The molecule has 0 unspecified atom stereocenters. The summed E-state index contributed by atoms with van der Waals surface area (Å²) in [6.07, 6.45) is 15.9. The molecule has 6 aliphatic carbocycles. The molecule has 0 radical (unpaired) electrons. The van der Waals surface area contributed by atoms with Crippen LogP contribution in [0.2, 0.25) is 0 Å². The summed E-state index contributed by atoms with van der Waals surface area (Å²) in [7, 11) is 0. The van der Waals surface area contributed by atoms with E-state index < -0.39 is 10.8 Å². The van der Waals surface area contributed by atoms with E-state index in [0.717, 1.165) is 77.3 Å². The van der Waals surface area contributed by atoms with Crippen molar-refractivity contribution < 1.29 is 0 Å². The molecule has 0 aromatic heterocycles. The van der Waals surface area contributed by atoms with Crippen LogP contribution in [0.15, 0.2) is 285 Å². The molecule has 14 aromatic rings. The maximum Gasteiger partial charge on any atom is 0.252 e. The Balaban J connectivity index is 0.594. The molecule has 14 aromatic carbocycles. The number of aryl methyl sites for hydroxylation is 2. The van der Waals surface area contributed by atoms with Crippen LogP contribution in [0.25, 0.3) is 77.9 Å². The minimum absolute atomic E-state index is 0.00437. The third-order valence-electron chi connectivity index (χ3n) is 32.0. The first-order valence-corrected chi connectivity index (χ1v) is 47.6. The number of fused-ring (bicyclic) bond motifs is 26. The zero-order valence-electron chi connectivity index (χ0n) is 76.4. The molecule has 0 amide bonds. The van der Waals surface area contributed by atoms with E-state index in [0.29, 0.717) is 0 Å². The van der Waals surface area contributed by atoms with Gasteiger partial charge in [-0.05, 0) is 316 Å². The average Bonchev–Trinajstić information content (AvgIpc) is 1.54. The number of hydrogen-bond donors (Lipinski definition) is 0. The quantitative estimate of drug-likeness (QED) is 0.0662. The van der Waals surface area contributed by atoms with E-state index >= 15 is 0 Å². The molecule has 2 aliphatic heterocycles. The van der Waals surface area contributed by atoms with Gasteiger partial charge in [0.2, 0.25) is 0 Å². The van der Waals surface area contributed by atoms with Crippen LogP contribution < -0.4 is 26.2 Å². The standard InChI is InChI=1S/C122H121BN2/c1-115(2,3)84-58-54-79(94(72-84)81-56-60-92-90-46-28-34-52-100(90)121(102(92)68-81)96-48-30-24-42-86(96)87-43-25-31-49-97(87)121)40-20-15-17-36-66-124-110-76-106-104(117(7,8)62-64-119(106,11)12)74-108(110)123-109-75-105-107(120(13,14)65-63-118(105,9)10)77-111(109)125(113-71-83(70-112(124)114(113)123)78-38-22-19-23-39-78)67-37-18-16-21-41-80-55-59-85(116(4,5)6)73-95(80)82-57-61-93-91-47-29-35-53-101(91)122(103(93)69-82)98-50-32-26-44-88(98)89-45-27-33-51-99(89)122/h19,22-35,38-39,42-61,68-77H,15-18,20-21,36-37,40-41,62-67H2,1-14H3. The molecule has 0 saturated heterocycles. The van der Waals surface area contributed by atoms with E-state index in [4.69, 9.17) is 0 Å². The van der Waals surface area contributed by atoms with Gasteiger partial charge in [-0.2, -0.15) is 0 Å². The lowest BCUT2D eigenvalue weighted by molar-refractivity contribution is 0.332. The largest absolute Gasteiger partial charge is 0.342 e. The van der Waals surface area contributed by atoms with Gasteiger partial charge in [-0.25, -0.2) is 0 Å². The van der Waals surface area contributed by atoms with Crippen LogP contribution in [0, 0.1) is 0 Å². The van der Waals surface area contributed by atoms with Gasteiger partial charge < -0.3 is 9.80 Å². The van der Waals surface area contributed by atoms with Gasteiger partial charge in [-0.1, -0.05) is 371 Å². The highest BCUT2D eigenvalue weighted by molar-refractivity contribution is 7.00. The number of rotatable bonds is 17. The van der Waals surface area contributed by atoms with Gasteiger partial charge in [0.1, 0.15) is 0 Å². The monoisotopic (exact) mass is 1620 g/mol. The predicted octanol–water partition coefficient (Wildman–Crippen LogP) is 29.7. The van der Waals surface area contributed by atoms with E-state index in [9.17, 15) is 0 Å². The minimum atomic E-state index is -0.391. The van der Waals surface area contributed by atoms with Gasteiger partial charge in [0.15, 0.2) is 0 Å². The van der Waals surface area contributed by atoms with Crippen LogP contribution in [0.4, 0.5) is 22.7 Å². The zero-order valence-corrected chi connectivity index (χ0v) is 76.4. The summed E-state index contributed by atoms with van der Waals surface area (Å²) in [6.45, 7) is 36.6. The zero-order chi connectivity index (χ0) is 85.6. The SMILES string of the molecule is CC(C)(C)c1ccc(CCCCCCN2c3cc4c(cc3B3c5cc6c(cc5N(CCCCCCc5ccc(C(C)(C)C)cc5-c5ccc7c(c5)C5(c8ccccc8-c8ccccc85)c5ccccc5-7)c5cc(-c7ccccc7)cc2c53)C(C)(C)CCC6(C)C)C(C)(C)CCC4(C)C)c(-c2ccc3c(c2)C2(c4ccccc4-c4ccccc42)c2ccccc2-3)c1. The van der Waals surface area contributed by atoms with Gasteiger partial charge in [0.25, 0.3) is 6.71 Å². The molecule has 0 saturated carbocycles. The summed E-state index contributed by atoms with van der Waals surface area (Å²) in [5.74, 6) is 0. The highest BCUT2D eigenvalue weighted by Crippen LogP contribution is 2.66. The number of nitrogens with zero attached hydrogens (tertiary/aromatic N) is 2. The molecule has 0 atom stereocenters. The minimum Gasteiger partial charge on any atom is -0.342 e. The fraction of sp³-hybridized carbons (Fsp3) is 0.311. The predicted molar refractivity (Wildman–Crippen MR) is 532 cm³/mol. The van der Waals surface area contributed by atoms with Crippen LogP contribution in [0.5, 0.6) is 0 Å². The van der Waals surface area contributed by atoms with Crippen molar-refractivity contribution in [2.75, 3.05) is 22.9 Å². The lowest BCUT2D eigenvalue weighted by atomic mass is 9.32. The van der Waals surface area contributed by atoms with Crippen LogP contribution in [0.3, 0.4) is 0 Å². The molecular weight excluding hydrogens is 1500 g/mol. The second kappa shape index (κ2) is 29.2. The van der Waals surface area contributed by atoms with Crippen molar-refractivity contribution in [1.29, 1.82) is 0 Å². The fourth-order valence-electron chi connectivity index (χ4n) is 25.0. The Bertz CT molecular complexity index is 6230. The Labute approximate surface area is 745 Å². The van der Waals surface area contributed by atoms with Gasteiger partial charge in [0, 0.05) is 35.8 Å². The van der Waals surface area contributed by atoms with Crippen LogP contribution in [0.1, 0.15) is 263 Å². The summed E-state index contributed by atoms with van der Waals surface area (Å²) >= 11 is 0. The van der Waals surface area contributed by atoms with Crippen LogP contribution in [-0.2, 0) is 56.2 Å². The van der Waals surface area contributed by atoms with E-state index in [1.54, 1.807) is 22.3 Å². The second-order valence-electron chi connectivity index (χ2n) is 43.3. The summed E-state index contributed by atoms with van der Waals surface area (Å²) in [6, 6.07) is 113. The maximum absolute atomic E-state index is 2.88. The number of unbranched alkanes of at least 4 members (excludes halogenated alkanes) is 6. The van der Waals surface area contributed by atoms with E-state index in [-0.39, 0.29) is 39.2 Å². The maximum atomic E-state index is 2.88. The molecule has 0 bridgehead atoms. The molecule has 8 aliphatic rings. The van der Waals surface area contributed by atoms with Crippen molar-refractivity contribution in [3.63, 3.8) is 0 Å². The third-order valence-corrected chi connectivity index (χ3v) is 32.0. The molecule has 0 fully saturated rings. The summed E-state index contributed by atoms with van der Waals surface area (Å²) in [4.78, 5) is 5.75. The topological polar surface area (TPSA) is 6.48 Å². The van der Waals surface area contributed by atoms with E-state index in [1.165, 1.54) is 209 Å². The molecule has 2 spiro atoms. The molecule has 125 heavy (non-hydrogen) atoms. The number of hydrogen-bond acceptors (Lipinski definition) is 2. The van der Waals surface area contributed by atoms with Gasteiger partial charge >= 0.3 is 0 Å². The van der Waals surface area contributed by atoms with Crippen molar-refractivity contribution in [1.82, 2.24) is 0 Å². The first-order chi connectivity index (χ1) is 60.2. The Morgan fingerprint density at radius 2 is 0.560 bits per heavy atom. The lowest BCUT2D eigenvalue weighted by Gasteiger charge is -2.49. The molecular formula is C122H121BN2. The summed E-state index contributed by atoms with van der Waals surface area (Å²) in [5.41, 5.74) is 51.4. The highest BCUT2D eigenvalue weighted by Gasteiger charge is 2.55. The fourth-order valence-corrected chi connectivity index (χ4v) is 25.0. The summed E-state index contributed by atoms with van der Waals surface area (Å²) in [5, 5.41) is 0. The Kier molecular flexibility index (Phi) is 18.6. The van der Waals surface area contributed by atoms with E-state index in [1.807, 2.05) is 0 Å². The first kappa shape index (κ1) is 79.6. The van der Waals surface area contributed by atoms with Crippen molar-refractivity contribution in [2.24, 2.45) is 0 Å². The Hall–Kier alpha value is -11.3. The second-order valence-corrected chi connectivity index (χ2v) is 43.3. The van der Waals surface area contributed by atoms with Crippen molar-refractivity contribution in [3.8, 4) is 77.9 Å². The Morgan fingerprint density at radius 1 is 0.248 bits per heavy atom. The summed E-state index contributed by atoms with van der Waals surface area (Å²) < 4.78 is 0. The molecule has 3 heteroatoms. The van der Waals surface area contributed by atoms with Crippen LogP contribution in [-0.4, -0.2) is 19.8 Å². The van der Waals surface area contributed by atoms with Crippen molar-refractivity contribution in [3.05, 3.63) is 374 Å². The smallest absolute Gasteiger partial charge is 0.252 e. The third kappa shape index (κ3) is 12.3. The van der Waals surface area contributed by atoms with Crippen molar-refractivity contribution >= 4 is 45.9 Å². The van der Waals surface area contributed by atoms with E-state index in [2.05, 4.69) is 392 Å². The lowest BCUT2D eigenvalue weighted by Crippen LogP contribution is -2.63. The molecule has 2 heterocycles. The first-order valence-electron chi connectivity index (χ1n) is 47.6. The Morgan fingerprint density at radius 3 is 0.904 bits per heavy atom. The highest BCUT2D eigenvalue weighted by atomic mass is 15.2. The van der Waals surface area contributed by atoms with Gasteiger partial charge in [-0.15, -0.1) is 0 Å². The van der Waals surface area contributed by atoms with Crippen LogP contribution >= 0.6 is 0 Å². The number of benzene rings is 14. The molecule has 0 N–H and O–H groups in total. The molecule has 2 nitrogen and oxygen atoms in total. The number of anilines is 4. The van der Waals surface area contributed by atoms with Gasteiger partial charge in [0.05, 0.1) is 10.8 Å². The van der Waals surface area contributed by atoms with Gasteiger partial charge in [-0.3, -0.25) is 0 Å². The normalized spacial score (nSPS) is 16.8. The molecule has 22 rings (SSSR count). The van der Waals surface area contributed by atoms with Crippen molar-refractivity contribution in [2.45, 2.75) is 230 Å². The molecule has 622 valence electrons.